The van der Waals surface area contributed by atoms with Crippen LogP contribution in [0.1, 0.15) is 126 Å². The van der Waals surface area contributed by atoms with Crippen molar-refractivity contribution in [3.05, 3.63) is 82.8 Å². The molecule has 2 saturated heterocycles. The van der Waals surface area contributed by atoms with Gasteiger partial charge in [0, 0.05) is 44.0 Å². The van der Waals surface area contributed by atoms with Crippen LogP contribution >= 0.6 is 0 Å². The first-order valence-corrected chi connectivity index (χ1v) is 25.2. The highest BCUT2D eigenvalue weighted by molar-refractivity contribution is 5.95. The molecule has 0 bridgehead atoms. The number of aromatic amines is 1. The van der Waals surface area contributed by atoms with E-state index in [9.17, 15) is 19.2 Å². The average molecular weight is 954 g/mol. The first-order valence-electron chi connectivity index (χ1n) is 25.2. The summed E-state index contributed by atoms with van der Waals surface area (Å²) in [5, 5.41) is 9.09. The lowest BCUT2D eigenvalue weighted by Gasteiger charge is -2.31. The van der Waals surface area contributed by atoms with Gasteiger partial charge in [-0.3, -0.25) is 19.6 Å². The third kappa shape index (κ3) is 9.80. The van der Waals surface area contributed by atoms with Crippen molar-refractivity contribution in [3.8, 4) is 22.4 Å². The van der Waals surface area contributed by atoms with Gasteiger partial charge in [0.05, 0.1) is 43.0 Å². The number of nitrogens with one attached hydrogen (secondary N) is 4. The number of aromatic nitrogens is 3. The van der Waals surface area contributed by atoms with E-state index in [0.717, 1.165) is 100 Å². The first-order chi connectivity index (χ1) is 33.7. The zero-order valence-electron chi connectivity index (χ0n) is 42.2. The summed E-state index contributed by atoms with van der Waals surface area (Å²) in [6, 6.07) is 8.85. The summed E-state index contributed by atoms with van der Waals surface area (Å²) in [6.07, 6.45) is 17.0. The molecule has 0 radical (unpaired) electrons. The second kappa shape index (κ2) is 21.2. The van der Waals surface area contributed by atoms with E-state index in [1.807, 2.05) is 50.5 Å². The molecule has 2 aromatic heterocycles. The number of H-pyrrole nitrogens is 1. The number of carbonyl (C=O) groups is 4. The predicted molar refractivity (Wildman–Crippen MR) is 275 cm³/mol. The molecule has 4 N–H and O–H groups in total. The van der Waals surface area contributed by atoms with Crippen LogP contribution in [0.25, 0.3) is 45.6 Å². The van der Waals surface area contributed by atoms with E-state index < -0.39 is 24.3 Å². The van der Waals surface area contributed by atoms with Gasteiger partial charge >= 0.3 is 12.2 Å². The Bertz CT molecular complexity index is 2700. The molecule has 15 heteroatoms. The molecule has 3 fully saturated rings. The Hall–Kier alpha value is -6.51. The van der Waals surface area contributed by atoms with E-state index in [4.69, 9.17) is 19.4 Å². The standard InChI is InChI=1S/C55H71N9O6/c1-10-16-37-36(11-2)35(30-58-49(56-7)44-17-14-25-63(44)51(65)46(32(3)4)61-53(67)69-8)19-21-38(37)48-40-29-55(23-12-13-24-55)28-39(40)41(31-57-48)34-20-22-42-43(27-34)60-50(59-42)45-18-15-26-64(45)52(66)47(33(5)6)62-54(68)70-9/h10-11,16,19-22,27,31-33,44-47H,2,12-15,17-18,23-26,28-30H2,1,3-9H3,(H,56,58)(H,59,60)(H,61,67)(H,62,68)/b16-10-. The van der Waals surface area contributed by atoms with Gasteiger partial charge in [0.1, 0.15) is 23.7 Å². The Morgan fingerprint density at radius 2 is 1.53 bits per heavy atom. The van der Waals surface area contributed by atoms with Crippen LogP contribution in [-0.2, 0) is 38.4 Å². The Labute approximate surface area is 412 Å². The quantitative estimate of drug-likeness (QED) is 0.0707. The number of carbonyl (C=O) groups excluding carboxylic acids is 4. The molecule has 15 nitrogen and oxygen atoms in total. The summed E-state index contributed by atoms with van der Waals surface area (Å²) in [6.45, 7) is 15.6. The summed E-state index contributed by atoms with van der Waals surface area (Å²) in [5.41, 5.74) is 12.0. The summed E-state index contributed by atoms with van der Waals surface area (Å²) in [7, 11) is 4.36. The van der Waals surface area contributed by atoms with Gasteiger partial charge in [-0.05, 0) is 121 Å². The fraction of sp³-hybridized carbons (Fsp3) is 0.509. The Balaban J connectivity index is 1.09. The van der Waals surface area contributed by atoms with Crippen molar-refractivity contribution in [1.82, 2.24) is 40.7 Å². The molecule has 4 aromatic rings. The number of hydrogen-bond acceptors (Lipinski definition) is 9. The zero-order valence-corrected chi connectivity index (χ0v) is 42.2. The molecule has 1 spiro atoms. The third-order valence-electron chi connectivity index (χ3n) is 15.2. The van der Waals surface area contributed by atoms with E-state index in [1.54, 1.807) is 7.05 Å². The minimum absolute atomic E-state index is 0.121. The van der Waals surface area contributed by atoms with Gasteiger partial charge in [0.25, 0.3) is 0 Å². The van der Waals surface area contributed by atoms with Gasteiger partial charge in [-0.2, -0.15) is 0 Å². The number of benzene rings is 2. The number of imidazole rings is 1. The SMILES string of the molecule is C=Cc1c(CNC(=NC)C2CCCN2C(=O)C(NC(=O)OC)C(C)C)ccc(-c2ncc(-c3ccc4nc(C5CCCN5C(=O)C(NC(=O)OC)C(C)C)[nH]c4c3)c3c2CC2(CCCC2)C3)c1/C=C\C. The van der Waals surface area contributed by atoms with Crippen LogP contribution in [0, 0.1) is 17.3 Å². The van der Waals surface area contributed by atoms with Crippen molar-refractivity contribution in [2.45, 2.75) is 130 Å². The van der Waals surface area contributed by atoms with Crippen LogP contribution in [0.15, 0.2) is 54.2 Å². The van der Waals surface area contributed by atoms with Gasteiger partial charge in [-0.15, -0.1) is 0 Å². The maximum atomic E-state index is 13.9. The molecule has 2 aliphatic heterocycles. The van der Waals surface area contributed by atoms with Crippen molar-refractivity contribution in [1.29, 1.82) is 0 Å². The van der Waals surface area contributed by atoms with Gasteiger partial charge in [-0.25, -0.2) is 14.6 Å². The molecule has 4 amide bonds. The van der Waals surface area contributed by atoms with Gasteiger partial charge in [0.15, 0.2) is 0 Å². The smallest absolute Gasteiger partial charge is 0.407 e. The van der Waals surface area contributed by atoms with E-state index in [1.165, 1.54) is 51.0 Å². The van der Waals surface area contributed by atoms with Crippen molar-refractivity contribution < 1.29 is 28.7 Å². The fourth-order valence-electron chi connectivity index (χ4n) is 11.7. The van der Waals surface area contributed by atoms with Crippen LogP contribution in [0.5, 0.6) is 0 Å². The topological polar surface area (TPSA) is 183 Å². The monoisotopic (exact) mass is 954 g/mol. The predicted octanol–water partition coefficient (Wildman–Crippen LogP) is 9.16. The maximum absolute atomic E-state index is 13.9. The highest BCUT2D eigenvalue weighted by atomic mass is 16.5. The van der Waals surface area contributed by atoms with E-state index in [2.05, 4.69) is 81.2 Å². The number of pyridine rings is 1. The minimum Gasteiger partial charge on any atom is -0.453 e. The van der Waals surface area contributed by atoms with E-state index in [0.29, 0.717) is 19.6 Å². The average Bonchev–Trinajstić information content (AvgIpc) is 4.23. The third-order valence-corrected chi connectivity index (χ3v) is 15.2. The highest BCUT2D eigenvalue weighted by Crippen LogP contribution is 2.53. The van der Waals surface area contributed by atoms with Gasteiger partial charge in [-0.1, -0.05) is 83.5 Å². The molecule has 4 aliphatic rings. The summed E-state index contributed by atoms with van der Waals surface area (Å²) in [5.74, 6) is 0.937. The molecule has 4 atom stereocenters. The first kappa shape index (κ1) is 49.9. The second-order valence-corrected chi connectivity index (χ2v) is 20.3. The number of aliphatic imine (C=N–C) groups is 1. The largest absolute Gasteiger partial charge is 0.453 e. The van der Waals surface area contributed by atoms with Crippen molar-refractivity contribution in [3.63, 3.8) is 0 Å². The zero-order chi connectivity index (χ0) is 49.9. The second-order valence-electron chi connectivity index (χ2n) is 20.3. The van der Waals surface area contributed by atoms with Crippen molar-refractivity contribution in [2.75, 3.05) is 34.4 Å². The number of allylic oxidation sites excluding steroid dienone is 1. The minimum atomic E-state index is -0.716. The van der Waals surface area contributed by atoms with Crippen LogP contribution < -0.4 is 16.0 Å². The number of likely N-dealkylation sites (tertiary alicyclic amines) is 2. The molecule has 4 unspecified atom stereocenters. The molecular weight excluding hydrogens is 883 g/mol. The lowest BCUT2D eigenvalue weighted by Crippen LogP contribution is -2.55. The lowest BCUT2D eigenvalue weighted by atomic mass is 9.82. The Kier molecular flexibility index (Phi) is 15.1. The molecule has 4 heterocycles. The molecule has 372 valence electrons. The fourth-order valence-corrected chi connectivity index (χ4v) is 11.7. The van der Waals surface area contributed by atoms with E-state index in [-0.39, 0.29) is 41.1 Å². The van der Waals surface area contributed by atoms with Gasteiger partial charge in [0.2, 0.25) is 11.8 Å². The van der Waals surface area contributed by atoms with Crippen LogP contribution in [0.3, 0.4) is 0 Å². The summed E-state index contributed by atoms with van der Waals surface area (Å²) < 4.78 is 9.68. The molecular formula is C55H71N9O6. The number of rotatable bonds is 14. The molecule has 70 heavy (non-hydrogen) atoms. The summed E-state index contributed by atoms with van der Waals surface area (Å²) >= 11 is 0. The van der Waals surface area contributed by atoms with Crippen molar-refractivity contribution >= 4 is 53.0 Å². The van der Waals surface area contributed by atoms with Crippen molar-refractivity contribution in [2.24, 2.45) is 22.2 Å². The highest BCUT2D eigenvalue weighted by Gasteiger charge is 2.43. The number of methoxy groups -OCH3 is 2. The number of hydrogen-bond donors (Lipinski definition) is 4. The molecule has 1 saturated carbocycles. The van der Waals surface area contributed by atoms with Crippen LogP contribution in [-0.4, -0.2) is 107 Å². The van der Waals surface area contributed by atoms with Crippen LogP contribution in [0.2, 0.25) is 0 Å². The lowest BCUT2D eigenvalue weighted by molar-refractivity contribution is -0.135. The Morgan fingerprint density at radius 1 is 0.871 bits per heavy atom. The molecule has 8 rings (SSSR count). The summed E-state index contributed by atoms with van der Waals surface area (Å²) in [4.78, 5) is 74.5. The molecule has 2 aromatic carbocycles. The number of amidine groups is 1. The normalized spacial score (nSPS) is 19.6. The van der Waals surface area contributed by atoms with E-state index >= 15 is 0 Å². The van der Waals surface area contributed by atoms with Gasteiger partial charge < -0.3 is 40.2 Å². The Morgan fingerprint density at radius 3 is 2.17 bits per heavy atom. The number of amides is 4. The molecule has 2 aliphatic carbocycles. The number of nitrogens with zero attached hydrogens (tertiary/aromatic N) is 5. The number of alkyl carbamates (subject to hydrolysis) is 2. The van der Waals surface area contributed by atoms with Crippen LogP contribution in [0.4, 0.5) is 9.59 Å². The number of fused-ring (bicyclic) bond motifs is 2. The maximum Gasteiger partial charge on any atom is 0.407 e. The number of ether oxygens (including phenoxy) is 2.